The van der Waals surface area contributed by atoms with E-state index in [1.165, 1.54) is 19.4 Å². The van der Waals surface area contributed by atoms with E-state index in [0.717, 1.165) is 58.4 Å². The van der Waals surface area contributed by atoms with Crippen LogP contribution in [-0.2, 0) is 9.47 Å². The van der Waals surface area contributed by atoms with Gasteiger partial charge in [0.05, 0.1) is 25.9 Å². The molecule has 24 heavy (non-hydrogen) atoms. The quantitative estimate of drug-likeness (QED) is 0.389. The standard InChI is InChI=1S/C17H32N4O2.HI/c1-3-18-17(20(2)10-14-6-8-22-12-14)19-9-16-11-21-7-4-5-15(21)13-23-16;/h14-16H,3-13H2,1-2H3,(H,18,19);1H. The van der Waals surface area contributed by atoms with E-state index < -0.39 is 0 Å². The zero-order chi connectivity index (χ0) is 16.1. The Balaban J connectivity index is 0.00000208. The van der Waals surface area contributed by atoms with E-state index >= 15 is 0 Å². The minimum absolute atomic E-state index is 0. The molecule has 140 valence electrons. The van der Waals surface area contributed by atoms with Crippen molar-refractivity contribution in [1.82, 2.24) is 15.1 Å². The molecule has 0 aromatic heterocycles. The van der Waals surface area contributed by atoms with Gasteiger partial charge in [0, 0.05) is 45.2 Å². The SMILES string of the molecule is CCNC(=NCC1CN2CCCC2CO1)N(C)CC1CCOC1.I. The third-order valence-electron chi connectivity index (χ3n) is 5.16. The molecule has 3 unspecified atom stereocenters. The lowest BCUT2D eigenvalue weighted by atomic mass is 10.1. The van der Waals surface area contributed by atoms with Gasteiger partial charge in [0.25, 0.3) is 0 Å². The van der Waals surface area contributed by atoms with E-state index in [1.54, 1.807) is 0 Å². The third kappa shape index (κ3) is 5.44. The van der Waals surface area contributed by atoms with Crippen LogP contribution < -0.4 is 5.32 Å². The summed E-state index contributed by atoms with van der Waals surface area (Å²) < 4.78 is 11.5. The van der Waals surface area contributed by atoms with Gasteiger partial charge in [0.2, 0.25) is 0 Å². The number of guanidine groups is 1. The lowest BCUT2D eigenvalue weighted by Crippen LogP contribution is -2.48. The van der Waals surface area contributed by atoms with Gasteiger partial charge in [0.15, 0.2) is 5.96 Å². The topological polar surface area (TPSA) is 49.3 Å². The summed E-state index contributed by atoms with van der Waals surface area (Å²) in [5.74, 6) is 1.62. The smallest absolute Gasteiger partial charge is 0.193 e. The van der Waals surface area contributed by atoms with Gasteiger partial charge in [-0.05, 0) is 32.7 Å². The summed E-state index contributed by atoms with van der Waals surface area (Å²) in [5.41, 5.74) is 0. The Morgan fingerprint density at radius 3 is 2.96 bits per heavy atom. The van der Waals surface area contributed by atoms with Crippen molar-refractivity contribution < 1.29 is 9.47 Å². The molecule has 0 radical (unpaired) electrons. The monoisotopic (exact) mass is 452 g/mol. The van der Waals surface area contributed by atoms with E-state index in [2.05, 4.69) is 29.1 Å². The highest BCUT2D eigenvalue weighted by molar-refractivity contribution is 14.0. The lowest BCUT2D eigenvalue weighted by Gasteiger charge is -2.34. The molecule has 6 nitrogen and oxygen atoms in total. The number of fused-ring (bicyclic) bond motifs is 1. The van der Waals surface area contributed by atoms with E-state index in [1.807, 2.05) is 0 Å². The maximum Gasteiger partial charge on any atom is 0.193 e. The number of nitrogens with zero attached hydrogens (tertiary/aromatic N) is 3. The second-order valence-electron chi connectivity index (χ2n) is 7.05. The molecule has 0 aliphatic carbocycles. The highest BCUT2D eigenvalue weighted by Crippen LogP contribution is 2.22. The Morgan fingerprint density at radius 2 is 2.21 bits per heavy atom. The number of hydrogen-bond donors (Lipinski definition) is 1. The van der Waals surface area contributed by atoms with Crippen molar-refractivity contribution >= 4 is 29.9 Å². The minimum Gasteiger partial charge on any atom is -0.381 e. The number of halogens is 1. The van der Waals surface area contributed by atoms with Gasteiger partial charge in [0.1, 0.15) is 0 Å². The Morgan fingerprint density at radius 1 is 1.33 bits per heavy atom. The van der Waals surface area contributed by atoms with E-state index in [0.29, 0.717) is 12.0 Å². The summed E-state index contributed by atoms with van der Waals surface area (Å²) in [6.07, 6.45) is 4.01. The lowest BCUT2D eigenvalue weighted by molar-refractivity contribution is -0.0432. The first kappa shape index (κ1) is 20.2. The Hall–Kier alpha value is -0.120. The summed E-state index contributed by atoms with van der Waals surface area (Å²) in [4.78, 5) is 9.65. The second kappa shape index (κ2) is 10.1. The van der Waals surface area contributed by atoms with Crippen molar-refractivity contribution in [3.05, 3.63) is 0 Å². The average molecular weight is 452 g/mol. The Kier molecular flexibility index (Phi) is 8.53. The number of rotatable bonds is 5. The predicted molar refractivity (Wildman–Crippen MR) is 107 cm³/mol. The number of hydrogen-bond acceptors (Lipinski definition) is 4. The molecule has 0 saturated carbocycles. The van der Waals surface area contributed by atoms with Crippen LogP contribution in [0.15, 0.2) is 4.99 Å². The molecule has 3 fully saturated rings. The molecular weight excluding hydrogens is 419 g/mol. The van der Waals surface area contributed by atoms with Gasteiger partial charge < -0.3 is 19.7 Å². The van der Waals surface area contributed by atoms with Crippen LogP contribution in [0, 0.1) is 5.92 Å². The summed E-state index contributed by atoms with van der Waals surface area (Å²) >= 11 is 0. The number of nitrogens with one attached hydrogen (secondary N) is 1. The van der Waals surface area contributed by atoms with Gasteiger partial charge in [-0.25, -0.2) is 0 Å². The van der Waals surface area contributed by atoms with Crippen LogP contribution in [0.25, 0.3) is 0 Å². The maximum atomic E-state index is 6.02. The molecule has 3 aliphatic rings. The first-order valence-electron chi connectivity index (χ1n) is 9.19. The van der Waals surface area contributed by atoms with Gasteiger partial charge in [-0.3, -0.25) is 9.89 Å². The number of morpholine rings is 1. The molecule has 0 amide bonds. The van der Waals surface area contributed by atoms with E-state index in [4.69, 9.17) is 14.5 Å². The van der Waals surface area contributed by atoms with Crippen molar-refractivity contribution in [2.45, 2.75) is 38.3 Å². The summed E-state index contributed by atoms with van der Waals surface area (Å²) in [6.45, 7) is 9.70. The van der Waals surface area contributed by atoms with Gasteiger partial charge in [-0.1, -0.05) is 0 Å². The van der Waals surface area contributed by atoms with Crippen molar-refractivity contribution in [1.29, 1.82) is 0 Å². The van der Waals surface area contributed by atoms with Crippen LogP contribution in [0.3, 0.4) is 0 Å². The van der Waals surface area contributed by atoms with Crippen LogP contribution in [0.1, 0.15) is 26.2 Å². The highest BCUT2D eigenvalue weighted by Gasteiger charge is 2.32. The second-order valence-corrected chi connectivity index (χ2v) is 7.05. The largest absolute Gasteiger partial charge is 0.381 e. The average Bonchev–Trinajstić information content (AvgIpc) is 3.21. The van der Waals surface area contributed by atoms with Crippen molar-refractivity contribution in [2.75, 3.05) is 59.6 Å². The number of aliphatic imine (C=N–C) groups is 1. The van der Waals surface area contributed by atoms with Crippen molar-refractivity contribution in [3.8, 4) is 0 Å². The zero-order valence-corrected chi connectivity index (χ0v) is 17.4. The summed E-state index contributed by atoms with van der Waals surface area (Å²) in [6, 6.07) is 0.661. The van der Waals surface area contributed by atoms with Gasteiger partial charge >= 0.3 is 0 Å². The fraction of sp³-hybridized carbons (Fsp3) is 0.941. The van der Waals surface area contributed by atoms with Crippen molar-refractivity contribution in [3.63, 3.8) is 0 Å². The third-order valence-corrected chi connectivity index (χ3v) is 5.16. The fourth-order valence-electron chi connectivity index (χ4n) is 3.86. The molecule has 7 heteroatoms. The van der Waals surface area contributed by atoms with E-state index in [9.17, 15) is 0 Å². The first-order valence-corrected chi connectivity index (χ1v) is 9.19. The summed E-state index contributed by atoms with van der Waals surface area (Å²) in [5, 5.41) is 3.41. The molecule has 3 heterocycles. The zero-order valence-electron chi connectivity index (χ0n) is 15.1. The van der Waals surface area contributed by atoms with Gasteiger partial charge in [-0.2, -0.15) is 0 Å². The van der Waals surface area contributed by atoms with Crippen molar-refractivity contribution in [2.24, 2.45) is 10.9 Å². The molecule has 3 saturated heterocycles. The molecule has 3 aliphatic heterocycles. The van der Waals surface area contributed by atoms with Crippen LogP contribution >= 0.6 is 24.0 Å². The predicted octanol–water partition coefficient (Wildman–Crippen LogP) is 1.40. The molecule has 0 aromatic carbocycles. The molecule has 1 N–H and O–H groups in total. The highest BCUT2D eigenvalue weighted by atomic mass is 127. The number of ether oxygens (including phenoxy) is 2. The molecular formula is C17H33IN4O2. The fourth-order valence-corrected chi connectivity index (χ4v) is 3.86. The first-order chi connectivity index (χ1) is 11.3. The molecule has 3 rings (SSSR count). The molecule has 0 aromatic rings. The summed E-state index contributed by atoms with van der Waals surface area (Å²) in [7, 11) is 2.12. The molecule has 0 bridgehead atoms. The Labute approximate surface area is 163 Å². The normalized spacial score (nSPS) is 30.8. The maximum absolute atomic E-state index is 6.02. The van der Waals surface area contributed by atoms with Gasteiger partial charge in [-0.15, -0.1) is 24.0 Å². The molecule has 3 atom stereocenters. The molecule has 0 spiro atoms. The Bertz CT molecular complexity index is 404. The van der Waals surface area contributed by atoms with Crippen LogP contribution in [0.5, 0.6) is 0 Å². The van der Waals surface area contributed by atoms with Crippen LogP contribution in [-0.4, -0.2) is 87.5 Å². The van der Waals surface area contributed by atoms with E-state index in [-0.39, 0.29) is 30.1 Å². The van der Waals surface area contributed by atoms with Crippen LogP contribution in [0.4, 0.5) is 0 Å². The van der Waals surface area contributed by atoms with Crippen LogP contribution in [0.2, 0.25) is 0 Å². The minimum atomic E-state index is 0.